The number of ether oxygens (including phenoxy) is 2. The van der Waals surface area contributed by atoms with E-state index in [1.54, 1.807) is 20.2 Å². The molecule has 0 aliphatic rings. The fourth-order valence-corrected chi connectivity index (χ4v) is 1.84. The lowest BCUT2D eigenvalue weighted by atomic mass is 10.2. The highest BCUT2D eigenvalue weighted by molar-refractivity contribution is 5.81. The molecule has 0 aliphatic carbocycles. The molecule has 0 saturated heterocycles. The second-order valence-electron chi connectivity index (χ2n) is 4.45. The molecule has 2 rings (SSSR count). The molecule has 0 spiro atoms. The predicted octanol–water partition coefficient (Wildman–Crippen LogP) is 1.93. The molecule has 0 radical (unpaired) electrons. The molecule has 7 heteroatoms. The van der Waals surface area contributed by atoms with E-state index in [1.165, 1.54) is 6.07 Å². The Morgan fingerprint density at radius 3 is 2.86 bits per heavy atom. The number of methoxy groups -OCH3 is 1. The van der Waals surface area contributed by atoms with Crippen molar-refractivity contribution in [3.05, 3.63) is 45.9 Å². The van der Waals surface area contributed by atoms with Crippen LogP contribution in [0.25, 0.3) is 0 Å². The van der Waals surface area contributed by atoms with Gasteiger partial charge in [-0.15, -0.1) is 0 Å². The minimum Gasteiger partial charge on any atom is -0.493 e. The molecule has 1 heterocycles. The quantitative estimate of drug-likeness (QED) is 0.629. The molecule has 7 nitrogen and oxygen atoms in total. The third-order valence-corrected chi connectivity index (χ3v) is 2.74. The van der Waals surface area contributed by atoms with Gasteiger partial charge < -0.3 is 9.47 Å². The van der Waals surface area contributed by atoms with Crippen LogP contribution in [0.3, 0.4) is 0 Å². The van der Waals surface area contributed by atoms with Crippen LogP contribution in [-0.2, 0) is 0 Å². The van der Waals surface area contributed by atoms with Crippen molar-refractivity contribution in [2.75, 3.05) is 19.1 Å². The van der Waals surface area contributed by atoms with E-state index < -0.39 is 0 Å². The fourth-order valence-electron chi connectivity index (χ4n) is 1.84. The number of anilines is 1. The van der Waals surface area contributed by atoms with Crippen molar-refractivity contribution in [3.63, 3.8) is 0 Å². The number of aromatic nitrogens is 2. The summed E-state index contributed by atoms with van der Waals surface area (Å²) in [7, 11) is 1.58. The number of aryl methyl sites for hydroxylation is 1. The van der Waals surface area contributed by atoms with E-state index in [-0.39, 0.29) is 5.56 Å². The Hall–Kier alpha value is -2.83. The number of hydrazone groups is 1. The molecule has 0 bridgehead atoms. The second-order valence-corrected chi connectivity index (χ2v) is 4.45. The van der Waals surface area contributed by atoms with Gasteiger partial charge in [-0.2, -0.15) is 5.10 Å². The summed E-state index contributed by atoms with van der Waals surface area (Å²) < 4.78 is 10.7. The van der Waals surface area contributed by atoms with Crippen molar-refractivity contribution in [3.8, 4) is 11.5 Å². The number of hydrogen-bond acceptors (Lipinski definition) is 6. The van der Waals surface area contributed by atoms with E-state index in [0.29, 0.717) is 29.7 Å². The van der Waals surface area contributed by atoms with Gasteiger partial charge in [0.1, 0.15) is 0 Å². The van der Waals surface area contributed by atoms with Gasteiger partial charge in [0.2, 0.25) is 5.95 Å². The standard InChI is InChI=1S/C15H18N4O3/c1-4-22-12-6-5-11(8-13(12)21-3)9-16-19-15-17-10(2)7-14(20)18-15/h5-9H,4H2,1-3H3,(H2,17,18,19,20)/b16-9+. The molecule has 0 aliphatic heterocycles. The van der Waals surface area contributed by atoms with Crippen LogP contribution in [0.5, 0.6) is 11.5 Å². The molecule has 2 aromatic rings. The molecule has 0 atom stereocenters. The first-order valence-corrected chi connectivity index (χ1v) is 6.80. The van der Waals surface area contributed by atoms with Crippen LogP contribution >= 0.6 is 0 Å². The number of nitrogens with one attached hydrogen (secondary N) is 2. The van der Waals surface area contributed by atoms with Crippen molar-refractivity contribution in [1.29, 1.82) is 0 Å². The maximum absolute atomic E-state index is 11.3. The molecule has 0 saturated carbocycles. The van der Waals surface area contributed by atoms with Gasteiger partial charge in [0.15, 0.2) is 11.5 Å². The molecule has 0 fully saturated rings. The summed E-state index contributed by atoms with van der Waals surface area (Å²) in [6, 6.07) is 6.89. The van der Waals surface area contributed by atoms with Gasteiger partial charge >= 0.3 is 0 Å². The summed E-state index contributed by atoms with van der Waals surface area (Å²) in [5, 5.41) is 4.04. The van der Waals surface area contributed by atoms with Gasteiger partial charge in [0.25, 0.3) is 5.56 Å². The van der Waals surface area contributed by atoms with Gasteiger partial charge in [0.05, 0.1) is 19.9 Å². The molecule has 0 unspecified atom stereocenters. The average Bonchev–Trinajstić information content (AvgIpc) is 2.48. The summed E-state index contributed by atoms with van der Waals surface area (Å²) in [6.45, 7) is 4.22. The highest BCUT2D eigenvalue weighted by atomic mass is 16.5. The maximum atomic E-state index is 11.3. The third-order valence-electron chi connectivity index (χ3n) is 2.74. The minimum atomic E-state index is -0.229. The zero-order chi connectivity index (χ0) is 15.9. The Kier molecular flexibility index (Phi) is 5.13. The average molecular weight is 302 g/mol. The molecule has 0 amide bonds. The van der Waals surface area contributed by atoms with Crippen molar-refractivity contribution >= 4 is 12.2 Å². The molecule has 22 heavy (non-hydrogen) atoms. The SMILES string of the molecule is CCOc1ccc(/C=N/Nc2nc(C)cc(=O)[nH]2)cc1OC. The number of rotatable bonds is 6. The minimum absolute atomic E-state index is 0.229. The number of H-pyrrole nitrogens is 1. The van der Waals surface area contributed by atoms with E-state index in [4.69, 9.17) is 9.47 Å². The Morgan fingerprint density at radius 2 is 2.18 bits per heavy atom. The lowest BCUT2D eigenvalue weighted by molar-refractivity contribution is 0.311. The summed E-state index contributed by atoms with van der Waals surface area (Å²) in [4.78, 5) is 18.0. The van der Waals surface area contributed by atoms with Gasteiger partial charge in [-0.3, -0.25) is 9.78 Å². The van der Waals surface area contributed by atoms with Crippen LogP contribution < -0.4 is 20.5 Å². The third kappa shape index (κ3) is 4.08. The molecule has 1 aromatic heterocycles. The summed E-state index contributed by atoms with van der Waals surface area (Å²) >= 11 is 0. The van der Waals surface area contributed by atoms with E-state index in [0.717, 1.165) is 5.56 Å². The number of nitrogens with zero attached hydrogens (tertiary/aromatic N) is 2. The van der Waals surface area contributed by atoms with E-state index in [1.807, 2.05) is 25.1 Å². The van der Waals surface area contributed by atoms with Gasteiger partial charge in [0, 0.05) is 11.8 Å². The van der Waals surface area contributed by atoms with Crippen LogP contribution in [0.4, 0.5) is 5.95 Å². The van der Waals surface area contributed by atoms with Gasteiger partial charge in [-0.25, -0.2) is 10.4 Å². The van der Waals surface area contributed by atoms with Crippen LogP contribution in [-0.4, -0.2) is 29.9 Å². The Morgan fingerprint density at radius 1 is 1.36 bits per heavy atom. The lowest BCUT2D eigenvalue weighted by Crippen LogP contribution is -2.10. The zero-order valence-electron chi connectivity index (χ0n) is 12.7. The van der Waals surface area contributed by atoms with Crippen molar-refractivity contribution in [1.82, 2.24) is 9.97 Å². The second kappa shape index (κ2) is 7.26. The van der Waals surface area contributed by atoms with Crippen LogP contribution in [0.15, 0.2) is 34.2 Å². The lowest BCUT2D eigenvalue weighted by Gasteiger charge is -2.09. The number of hydrogen-bond donors (Lipinski definition) is 2. The summed E-state index contributed by atoms with van der Waals surface area (Å²) in [5.74, 6) is 1.60. The maximum Gasteiger partial charge on any atom is 0.252 e. The topological polar surface area (TPSA) is 88.6 Å². The largest absolute Gasteiger partial charge is 0.493 e. The first-order valence-electron chi connectivity index (χ1n) is 6.80. The molecule has 116 valence electrons. The number of aromatic amines is 1. The summed E-state index contributed by atoms with van der Waals surface area (Å²) in [5.41, 5.74) is 3.89. The highest BCUT2D eigenvalue weighted by Crippen LogP contribution is 2.27. The number of benzene rings is 1. The van der Waals surface area contributed by atoms with Gasteiger partial charge in [-0.1, -0.05) is 0 Å². The smallest absolute Gasteiger partial charge is 0.252 e. The molecule has 1 aromatic carbocycles. The Labute approximate surface area is 128 Å². The fraction of sp³-hybridized carbons (Fsp3) is 0.267. The molecule has 2 N–H and O–H groups in total. The van der Waals surface area contributed by atoms with Crippen LogP contribution in [0.1, 0.15) is 18.2 Å². The normalized spacial score (nSPS) is 10.7. The summed E-state index contributed by atoms with van der Waals surface area (Å²) in [6.07, 6.45) is 1.60. The Balaban J connectivity index is 2.11. The first kappa shape index (κ1) is 15.6. The van der Waals surface area contributed by atoms with Crippen molar-refractivity contribution in [2.45, 2.75) is 13.8 Å². The van der Waals surface area contributed by atoms with E-state index in [9.17, 15) is 4.79 Å². The monoisotopic (exact) mass is 302 g/mol. The first-order chi connectivity index (χ1) is 10.6. The van der Waals surface area contributed by atoms with E-state index >= 15 is 0 Å². The van der Waals surface area contributed by atoms with Gasteiger partial charge in [-0.05, 0) is 37.6 Å². The zero-order valence-corrected chi connectivity index (χ0v) is 12.7. The predicted molar refractivity (Wildman–Crippen MR) is 85.0 cm³/mol. The highest BCUT2D eigenvalue weighted by Gasteiger charge is 2.04. The van der Waals surface area contributed by atoms with Crippen LogP contribution in [0.2, 0.25) is 0 Å². The molecular formula is C15H18N4O3. The van der Waals surface area contributed by atoms with E-state index in [2.05, 4.69) is 20.5 Å². The van der Waals surface area contributed by atoms with Crippen molar-refractivity contribution in [2.24, 2.45) is 5.10 Å². The van der Waals surface area contributed by atoms with Crippen molar-refractivity contribution < 1.29 is 9.47 Å². The molecular weight excluding hydrogens is 284 g/mol. The van der Waals surface area contributed by atoms with Crippen LogP contribution in [0, 0.1) is 6.92 Å². The Bertz CT molecular complexity index is 725.